The summed E-state index contributed by atoms with van der Waals surface area (Å²) in [7, 11) is 0. The van der Waals surface area contributed by atoms with Crippen LogP contribution in [0.3, 0.4) is 0 Å². The van der Waals surface area contributed by atoms with Crippen LogP contribution in [-0.4, -0.2) is 5.71 Å². The molecule has 35 heavy (non-hydrogen) atoms. The molecule has 6 rings (SSSR count). The van der Waals surface area contributed by atoms with Crippen LogP contribution in [0.2, 0.25) is 0 Å². The fourth-order valence-corrected chi connectivity index (χ4v) is 5.27. The summed E-state index contributed by atoms with van der Waals surface area (Å²) in [5.41, 5.74) is 6.39. The van der Waals surface area contributed by atoms with Gasteiger partial charge in [0.2, 0.25) is 0 Å². The van der Waals surface area contributed by atoms with Crippen LogP contribution in [0, 0.1) is 0 Å². The summed E-state index contributed by atoms with van der Waals surface area (Å²) in [5.74, 6) is 0. The van der Waals surface area contributed by atoms with Crippen molar-refractivity contribution < 1.29 is 0 Å². The fourth-order valence-electron chi connectivity index (χ4n) is 4.72. The van der Waals surface area contributed by atoms with Crippen LogP contribution < -0.4 is 0 Å². The molecule has 0 saturated carbocycles. The molecule has 0 unspecified atom stereocenters. The molecule has 0 fully saturated rings. The smallest absolute Gasteiger partial charge is 0.0781 e. The molecule has 2 heteroatoms. The monoisotopic (exact) mass is 511 g/mol. The van der Waals surface area contributed by atoms with Gasteiger partial charge in [-0.05, 0) is 33.7 Å². The number of fused-ring (bicyclic) bond motifs is 2. The lowest BCUT2D eigenvalue weighted by Gasteiger charge is -2.16. The summed E-state index contributed by atoms with van der Waals surface area (Å²) in [6, 6.07) is 46.6. The highest BCUT2D eigenvalue weighted by atomic mass is 79.9. The van der Waals surface area contributed by atoms with E-state index in [1.54, 1.807) is 0 Å². The first-order chi connectivity index (χ1) is 17.3. The van der Waals surface area contributed by atoms with Gasteiger partial charge >= 0.3 is 0 Å². The van der Waals surface area contributed by atoms with Crippen molar-refractivity contribution in [1.29, 1.82) is 0 Å². The molecule has 6 aromatic rings. The van der Waals surface area contributed by atoms with E-state index in [0.29, 0.717) is 0 Å². The molecule has 6 aromatic carbocycles. The quantitative estimate of drug-likeness (QED) is 0.209. The second-order valence-corrected chi connectivity index (χ2v) is 9.37. The number of benzene rings is 6. The zero-order chi connectivity index (χ0) is 23.6. The highest BCUT2D eigenvalue weighted by Gasteiger charge is 2.17. The van der Waals surface area contributed by atoms with E-state index in [1.807, 2.05) is 12.1 Å². The Hall–Kier alpha value is -4.01. The Morgan fingerprint density at radius 2 is 0.943 bits per heavy atom. The van der Waals surface area contributed by atoms with Crippen LogP contribution in [0.4, 0.5) is 5.69 Å². The van der Waals surface area contributed by atoms with Crippen LogP contribution in [0.15, 0.2) is 143 Å². The topological polar surface area (TPSA) is 12.4 Å². The molecule has 0 saturated heterocycles. The Bertz CT molecular complexity index is 1640. The molecule has 0 atom stereocenters. The van der Waals surface area contributed by atoms with E-state index in [9.17, 15) is 0 Å². The van der Waals surface area contributed by atoms with Crippen LogP contribution in [0.1, 0.15) is 11.1 Å². The van der Waals surface area contributed by atoms with Gasteiger partial charge in [-0.15, -0.1) is 0 Å². The number of aliphatic imine (C=N–C) groups is 1. The van der Waals surface area contributed by atoms with Gasteiger partial charge in [0.1, 0.15) is 0 Å². The Morgan fingerprint density at radius 1 is 0.457 bits per heavy atom. The van der Waals surface area contributed by atoms with Crippen molar-refractivity contribution in [2.75, 3.05) is 0 Å². The van der Waals surface area contributed by atoms with Crippen molar-refractivity contribution >= 4 is 48.9 Å². The molecule has 0 N–H and O–H groups in total. The van der Waals surface area contributed by atoms with Crippen LogP contribution in [0.25, 0.3) is 32.7 Å². The van der Waals surface area contributed by atoms with Crippen molar-refractivity contribution in [3.05, 3.63) is 149 Å². The molecule has 0 radical (unpaired) electrons. The van der Waals surface area contributed by atoms with E-state index in [4.69, 9.17) is 4.99 Å². The molecule has 0 spiro atoms. The zero-order valence-corrected chi connectivity index (χ0v) is 20.6. The second kappa shape index (κ2) is 9.32. The van der Waals surface area contributed by atoms with Gasteiger partial charge in [0, 0.05) is 26.7 Å². The third-order valence-electron chi connectivity index (χ3n) is 6.36. The van der Waals surface area contributed by atoms with Gasteiger partial charge in [0.05, 0.1) is 11.4 Å². The van der Waals surface area contributed by atoms with E-state index in [1.165, 1.54) is 27.1 Å². The molecule has 0 aliphatic heterocycles. The lowest BCUT2D eigenvalue weighted by Crippen LogP contribution is -2.03. The Morgan fingerprint density at radius 3 is 1.54 bits per heavy atom. The average molecular weight is 512 g/mol. The molecule has 0 amide bonds. The van der Waals surface area contributed by atoms with Crippen molar-refractivity contribution in [2.24, 2.45) is 4.99 Å². The minimum atomic E-state index is 0.948. The minimum absolute atomic E-state index is 0.948. The zero-order valence-electron chi connectivity index (χ0n) is 19.0. The molecule has 0 heterocycles. The summed E-state index contributed by atoms with van der Waals surface area (Å²) < 4.78 is 1.06. The van der Waals surface area contributed by atoms with Gasteiger partial charge in [-0.3, -0.25) is 0 Å². The predicted molar refractivity (Wildman–Crippen MR) is 153 cm³/mol. The van der Waals surface area contributed by atoms with E-state index >= 15 is 0 Å². The summed E-state index contributed by atoms with van der Waals surface area (Å²) in [6.07, 6.45) is 0. The van der Waals surface area contributed by atoms with Crippen molar-refractivity contribution in [3.63, 3.8) is 0 Å². The largest absolute Gasteiger partial charge is 0.247 e. The summed E-state index contributed by atoms with van der Waals surface area (Å²) in [4.78, 5) is 5.37. The SMILES string of the molecule is Brc1ccc2ccccc2c1-c1c(N=C(c2ccccc2)c2ccccc2)ccc2ccccc12. The Labute approximate surface area is 213 Å². The highest BCUT2D eigenvalue weighted by Crippen LogP contribution is 2.44. The molecule has 0 aromatic heterocycles. The highest BCUT2D eigenvalue weighted by molar-refractivity contribution is 9.10. The Kier molecular flexibility index (Phi) is 5.73. The van der Waals surface area contributed by atoms with Crippen molar-refractivity contribution in [1.82, 2.24) is 0 Å². The van der Waals surface area contributed by atoms with Gasteiger partial charge in [-0.25, -0.2) is 4.99 Å². The Balaban J connectivity index is 1.72. The third-order valence-corrected chi connectivity index (χ3v) is 7.02. The van der Waals surface area contributed by atoms with Gasteiger partial charge < -0.3 is 0 Å². The minimum Gasteiger partial charge on any atom is -0.247 e. The average Bonchev–Trinajstić information content (AvgIpc) is 2.93. The van der Waals surface area contributed by atoms with Gasteiger partial charge in [-0.2, -0.15) is 0 Å². The second-order valence-electron chi connectivity index (χ2n) is 8.52. The maximum atomic E-state index is 5.37. The summed E-state index contributed by atoms with van der Waals surface area (Å²) in [6.45, 7) is 0. The standard InChI is InChI=1S/C33H22BrN/c34-29-21-19-23-11-7-9-17-27(23)31(29)32-28-18-10-8-12-24(28)20-22-30(32)35-33(25-13-3-1-4-14-25)26-15-5-2-6-16-26/h1-22H. The molecule has 0 aliphatic rings. The molecular weight excluding hydrogens is 490 g/mol. The number of halogens is 1. The summed E-state index contributed by atoms with van der Waals surface area (Å²) in [5, 5.41) is 4.80. The molecule has 0 bridgehead atoms. The van der Waals surface area contributed by atoms with Crippen LogP contribution >= 0.6 is 15.9 Å². The number of hydrogen-bond donors (Lipinski definition) is 0. The van der Waals surface area contributed by atoms with E-state index in [0.717, 1.165) is 32.6 Å². The number of rotatable bonds is 4. The number of nitrogens with zero attached hydrogens (tertiary/aromatic N) is 1. The summed E-state index contributed by atoms with van der Waals surface area (Å²) >= 11 is 3.88. The first kappa shape index (κ1) is 21.5. The fraction of sp³-hybridized carbons (Fsp3) is 0. The van der Waals surface area contributed by atoms with Gasteiger partial charge in [0.15, 0.2) is 0 Å². The lowest BCUT2D eigenvalue weighted by molar-refractivity contribution is 1.48. The van der Waals surface area contributed by atoms with Crippen molar-refractivity contribution in [3.8, 4) is 11.1 Å². The first-order valence-electron chi connectivity index (χ1n) is 11.7. The first-order valence-corrected chi connectivity index (χ1v) is 12.5. The third kappa shape index (κ3) is 4.07. The predicted octanol–water partition coefficient (Wildman–Crippen LogP) is 9.59. The van der Waals surface area contributed by atoms with Gasteiger partial charge in [0.25, 0.3) is 0 Å². The van der Waals surface area contributed by atoms with Crippen LogP contribution in [0.5, 0.6) is 0 Å². The maximum absolute atomic E-state index is 5.37. The maximum Gasteiger partial charge on any atom is 0.0781 e. The van der Waals surface area contributed by atoms with Crippen molar-refractivity contribution in [2.45, 2.75) is 0 Å². The lowest BCUT2D eigenvalue weighted by atomic mass is 9.92. The molecule has 1 nitrogen and oxygen atoms in total. The van der Waals surface area contributed by atoms with E-state index < -0.39 is 0 Å². The number of hydrogen-bond acceptors (Lipinski definition) is 1. The van der Waals surface area contributed by atoms with E-state index in [-0.39, 0.29) is 0 Å². The molecule has 166 valence electrons. The van der Waals surface area contributed by atoms with Gasteiger partial charge in [-0.1, -0.05) is 137 Å². The van der Waals surface area contributed by atoms with E-state index in [2.05, 4.69) is 137 Å². The molecule has 0 aliphatic carbocycles. The normalized spacial score (nSPS) is 11.0. The van der Waals surface area contributed by atoms with Crippen LogP contribution in [-0.2, 0) is 0 Å². The molecular formula is C33H22BrN.